The van der Waals surface area contributed by atoms with Gasteiger partial charge >= 0.3 is 0 Å². The molecule has 0 aliphatic carbocycles. The predicted octanol–water partition coefficient (Wildman–Crippen LogP) is -0.834. The van der Waals surface area contributed by atoms with Gasteiger partial charge in [0.15, 0.2) is 5.53 Å². The van der Waals surface area contributed by atoms with Gasteiger partial charge in [-0.25, -0.2) is 0 Å². The standard InChI is InChI=1S/C7H11NO3Si/c1-3-6(10)12-7(11)8-4-5(2)9/h3H,1,4,12H2,2H3,(H,8,11). The summed E-state index contributed by atoms with van der Waals surface area (Å²) >= 11 is 0. The fraction of sp³-hybridized carbons (Fsp3) is 0.286. The van der Waals surface area contributed by atoms with Crippen molar-refractivity contribution < 1.29 is 14.4 Å². The average molecular weight is 185 g/mol. The Balaban J connectivity index is 3.67. The van der Waals surface area contributed by atoms with Crippen LogP contribution in [0.5, 0.6) is 0 Å². The van der Waals surface area contributed by atoms with E-state index in [1.807, 2.05) is 0 Å². The SMILES string of the molecule is C=CC(=O)[SiH2]C(=O)NCC(C)=O. The van der Waals surface area contributed by atoms with Gasteiger partial charge in [0.25, 0.3) is 0 Å². The van der Waals surface area contributed by atoms with Crippen molar-refractivity contribution in [2.75, 3.05) is 6.54 Å². The van der Waals surface area contributed by atoms with Gasteiger partial charge in [-0.2, -0.15) is 0 Å². The first kappa shape index (κ1) is 10.8. The predicted molar refractivity (Wildman–Crippen MR) is 47.8 cm³/mol. The van der Waals surface area contributed by atoms with Gasteiger partial charge in [-0.15, -0.1) is 0 Å². The topological polar surface area (TPSA) is 63.2 Å². The molecule has 0 unspecified atom stereocenters. The Morgan fingerprint density at radius 3 is 2.50 bits per heavy atom. The van der Waals surface area contributed by atoms with E-state index in [-0.39, 0.29) is 23.3 Å². The van der Waals surface area contributed by atoms with E-state index < -0.39 is 9.52 Å². The molecule has 0 saturated carbocycles. The molecule has 1 N–H and O–H groups in total. The summed E-state index contributed by atoms with van der Waals surface area (Å²) in [5.74, 6) is -0.122. The van der Waals surface area contributed by atoms with Gasteiger partial charge in [-0.3, -0.25) is 9.59 Å². The fourth-order valence-electron chi connectivity index (χ4n) is 0.516. The van der Waals surface area contributed by atoms with E-state index in [0.717, 1.165) is 6.08 Å². The van der Waals surface area contributed by atoms with Crippen LogP contribution >= 0.6 is 0 Å². The molecule has 0 bridgehead atoms. The molecule has 0 atom stereocenters. The molecular formula is C7H11NO3Si. The van der Waals surface area contributed by atoms with Crippen LogP contribution in [0.15, 0.2) is 12.7 Å². The van der Waals surface area contributed by atoms with Gasteiger partial charge in [0.05, 0.1) is 6.54 Å². The van der Waals surface area contributed by atoms with E-state index >= 15 is 0 Å². The third kappa shape index (κ3) is 5.54. The van der Waals surface area contributed by atoms with Crippen molar-refractivity contribution in [3.05, 3.63) is 12.7 Å². The van der Waals surface area contributed by atoms with Crippen molar-refractivity contribution in [1.82, 2.24) is 5.32 Å². The maximum atomic E-state index is 10.8. The average Bonchev–Trinajstić information content (AvgIpc) is 2.00. The van der Waals surface area contributed by atoms with Gasteiger partial charge in [0.1, 0.15) is 11.2 Å². The van der Waals surface area contributed by atoms with Crippen LogP contribution in [-0.4, -0.2) is 32.8 Å². The normalized spacial score (nSPS) is 9.75. The molecule has 0 aliphatic rings. The highest BCUT2D eigenvalue weighted by molar-refractivity contribution is 6.98. The maximum Gasteiger partial charge on any atom is 0.210 e. The lowest BCUT2D eigenvalue weighted by atomic mass is 10.5. The number of hydrogen-bond acceptors (Lipinski definition) is 3. The Morgan fingerprint density at radius 1 is 1.50 bits per heavy atom. The second-order valence-corrected chi connectivity index (χ2v) is 4.02. The van der Waals surface area contributed by atoms with Crippen LogP contribution in [0.2, 0.25) is 0 Å². The first-order valence-electron chi connectivity index (χ1n) is 3.47. The Hall–Kier alpha value is -1.23. The van der Waals surface area contributed by atoms with Crippen LogP contribution in [0, 0.1) is 0 Å². The molecule has 0 radical (unpaired) electrons. The van der Waals surface area contributed by atoms with Crippen LogP contribution in [0.3, 0.4) is 0 Å². The summed E-state index contributed by atoms with van der Waals surface area (Å²) in [4.78, 5) is 31.9. The molecular weight excluding hydrogens is 174 g/mol. The number of Topliss-reactive ketones (excluding diaryl/α,β-unsaturated/α-hetero) is 1. The summed E-state index contributed by atoms with van der Waals surface area (Å²) in [5, 5.41) is 2.14. The summed E-state index contributed by atoms with van der Waals surface area (Å²) in [6.45, 7) is 4.63. The first-order chi connectivity index (χ1) is 5.56. The Kier molecular flexibility index (Phi) is 4.86. The summed E-state index contributed by atoms with van der Waals surface area (Å²) in [6.07, 6.45) is 1.14. The van der Waals surface area contributed by atoms with Crippen molar-refractivity contribution >= 4 is 26.2 Å². The van der Waals surface area contributed by atoms with Crippen LogP contribution in [0.1, 0.15) is 6.92 Å². The highest BCUT2D eigenvalue weighted by Crippen LogP contribution is 1.74. The van der Waals surface area contributed by atoms with Gasteiger partial charge in [-0.1, -0.05) is 6.58 Å². The van der Waals surface area contributed by atoms with Gasteiger partial charge < -0.3 is 10.1 Å². The molecule has 0 heterocycles. The lowest BCUT2D eigenvalue weighted by Crippen LogP contribution is -2.34. The Labute approximate surface area is 72.8 Å². The summed E-state index contributed by atoms with van der Waals surface area (Å²) in [5.41, 5.74) is -0.310. The first-order valence-corrected chi connectivity index (χ1v) is 4.89. The number of nitrogens with one attached hydrogen (secondary N) is 1. The summed E-state index contributed by atoms with van der Waals surface area (Å²) in [6, 6.07) is 0. The summed E-state index contributed by atoms with van der Waals surface area (Å²) in [7, 11) is -1.44. The van der Waals surface area contributed by atoms with Crippen LogP contribution < -0.4 is 5.32 Å². The van der Waals surface area contributed by atoms with Crippen molar-refractivity contribution in [1.29, 1.82) is 0 Å². The minimum Gasteiger partial charge on any atom is -0.354 e. The summed E-state index contributed by atoms with van der Waals surface area (Å²) < 4.78 is 0. The smallest absolute Gasteiger partial charge is 0.210 e. The largest absolute Gasteiger partial charge is 0.354 e. The number of amides is 1. The van der Waals surface area contributed by atoms with E-state index in [0.29, 0.717) is 0 Å². The molecule has 0 aliphatic heterocycles. The minimum absolute atomic E-state index is 0.0102. The van der Waals surface area contributed by atoms with Crippen LogP contribution in [0.4, 0.5) is 4.79 Å². The van der Waals surface area contributed by atoms with E-state index in [1.165, 1.54) is 6.92 Å². The third-order valence-corrected chi connectivity index (χ3v) is 2.31. The quantitative estimate of drug-likeness (QED) is 0.449. The lowest BCUT2D eigenvalue weighted by molar-refractivity contribution is -0.116. The zero-order valence-electron chi connectivity index (χ0n) is 6.92. The number of carbonyl (C=O) groups excluding carboxylic acids is 3. The highest BCUT2D eigenvalue weighted by atomic mass is 28.2. The molecule has 5 heteroatoms. The van der Waals surface area contributed by atoms with E-state index in [1.54, 1.807) is 0 Å². The van der Waals surface area contributed by atoms with Crippen LogP contribution in [0.25, 0.3) is 0 Å². The van der Waals surface area contributed by atoms with E-state index in [9.17, 15) is 14.4 Å². The molecule has 0 saturated heterocycles. The second kappa shape index (κ2) is 5.42. The lowest BCUT2D eigenvalue weighted by Gasteiger charge is -1.98. The molecule has 4 nitrogen and oxygen atoms in total. The molecule has 12 heavy (non-hydrogen) atoms. The van der Waals surface area contributed by atoms with Gasteiger partial charge in [-0.05, 0) is 13.0 Å². The van der Waals surface area contributed by atoms with Crippen molar-refractivity contribution in [3.8, 4) is 0 Å². The number of hydrogen-bond donors (Lipinski definition) is 1. The monoisotopic (exact) mass is 185 g/mol. The van der Waals surface area contributed by atoms with E-state index in [2.05, 4.69) is 11.9 Å². The molecule has 66 valence electrons. The molecule has 0 spiro atoms. The molecule has 0 aromatic carbocycles. The fourth-order valence-corrected chi connectivity index (χ4v) is 1.23. The number of allylic oxidation sites excluding steroid dienone is 1. The maximum absolute atomic E-state index is 10.8. The van der Waals surface area contributed by atoms with Crippen molar-refractivity contribution in [2.45, 2.75) is 6.92 Å². The zero-order chi connectivity index (χ0) is 9.56. The Bertz CT molecular complexity index is 225. The van der Waals surface area contributed by atoms with Gasteiger partial charge in [0.2, 0.25) is 9.52 Å². The molecule has 1 amide bonds. The number of ketones is 1. The van der Waals surface area contributed by atoms with Crippen molar-refractivity contribution in [2.24, 2.45) is 0 Å². The number of rotatable bonds is 5. The highest BCUT2D eigenvalue weighted by Gasteiger charge is 2.06. The second-order valence-electron chi connectivity index (χ2n) is 2.33. The van der Waals surface area contributed by atoms with Gasteiger partial charge in [0, 0.05) is 0 Å². The van der Waals surface area contributed by atoms with Crippen molar-refractivity contribution in [3.63, 3.8) is 0 Å². The van der Waals surface area contributed by atoms with Crippen LogP contribution in [-0.2, 0) is 9.59 Å². The molecule has 0 rings (SSSR count). The minimum atomic E-state index is -1.44. The molecule has 0 aromatic heterocycles. The molecule has 0 aromatic rings. The zero-order valence-corrected chi connectivity index (χ0v) is 8.34. The third-order valence-electron chi connectivity index (χ3n) is 1.10. The molecule has 0 fully saturated rings. The Morgan fingerprint density at radius 2 is 2.08 bits per heavy atom. The van der Waals surface area contributed by atoms with E-state index in [4.69, 9.17) is 0 Å². The number of carbonyl (C=O) groups is 3.